The number of carbonyl (C=O) groups is 1. The first kappa shape index (κ1) is 25.2. The molecule has 38 heavy (non-hydrogen) atoms. The highest BCUT2D eigenvalue weighted by Crippen LogP contribution is 2.33. The summed E-state index contributed by atoms with van der Waals surface area (Å²) >= 11 is 2.73. The normalized spacial score (nSPS) is 15.4. The SMILES string of the molecule is CC1=C(C(=O)Nc2ccccc2C)C(c2cccs2)n2c(sc(=CC=Cc3ccc([N+](=O)[O-])cc3)c2=O)=N1. The number of fused-ring (bicyclic) bond motifs is 1. The quantitative estimate of drug-likeness (QED) is 0.279. The lowest BCUT2D eigenvalue weighted by Gasteiger charge is -2.24. The Balaban J connectivity index is 1.53. The third-order valence-electron chi connectivity index (χ3n) is 6.11. The van der Waals surface area contributed by atoms with Gasteiger partial charge in [0.2, 0.25) is 0 Å². The van der Waals surface area contributed by atoms with Gasteiger partial charge in [-0.3, -0.25) is 24.3 Å². The average Bonchev–Trinajstić information content (AvgIpc) is 3.53. The van der Waals surface area contributed by atoms with E-state index in [-0.39, 0.29) is 17.2 Å². The molecule has 5 rings (SSSR count). The molecule has 1 atom stereocenters. The molecule has 0 saturated heterocycles. The number of allylic oxidation sites excluding steroid dienone is 2. The third kappa shape index (κ3) is 4.91. The fourth-order valence-corrected chi connectivity index (χ4v) is 6.02. The number of hydrogen-bond donors (Lipinski definition) is 1. The zero-order chi connectivity index (χ0) is 26.8. The second-order valence-corrected chi connectivity index (χ2v) is 10.6. The first-order chi connectivity index (χ1) is 18.3. The zero-order valence-corrected chi connectivity index (χ0v) is 22.1. The summed E-state index contributed by atoms with van der Waals surface area (Å²) in [5, 5.41) is 15.8. The van der Waals surface area contributed by atoms with Crippen LogP contribution < -0.4 is 20.2 Å². The molecule has 0 saturated carbocycles. The first-order valence-corrected chi connectivity index (χ1v) is 13.4. The van der Waals surface area contributed by atoms with Crippen LogP contribution in [0.2, 0.25) is 0 Å². The maximum Gasteiger partial charge on any atom is 0.271 e. The van der Waals surface area contributed by atoms with E-state index < -0.39 is 11.0 Å². The van der Waals surface area contributed by atoms with Crippen LogP contribution in [0.5, 0.6) is 0 Å². The molecule has 0 fully saturated rings. The summed E-state index contributed by atoms with van der Waals surface area (Å²) in [6.45, 7) is 3.71. The standard InChI is InChI=1S/C28H22N4O4S2/c1-17-7-3-4-9-21(17)30-26(33)24-18(2)29-28-31(25(24)22-11-6-16-37-22)27(34)23(38-28)10-5-8-19-12-14-20(15-13-19)32(35)36/h3-16,25H,1-2H3,(H,30,33). The maximum atomic E-state index is 13.6. The minimum atomic E-state index is -0.601. The van der Waals surface area contributed by atoms with Gasteiger partial charge in [-0.15, -0.1) is 11.3 Å². The van der Waals surface area contributed by atoms with Gasteiger partial charge in [-0.2, -0.15) is 0 Å². The van der Waals surface area contributed by atoms with Crippen molar-refractivity contribution in [3.63, 3.8) is 0 Å². The van der Waals surface area contributed by atoms with E-state index in [2.05, 4.69) is 10.3 Å². The lowest BCUT2D eigenvalue weighted by Crippen LogP contribution is -2.40. The van der Waals surface area contributed by atoms with Gasteiger partial charge in [0, 0.05) is 22.7 Å². The number of amides is 1. The van der Waals surface area contributed by atoms with Gasteiger partial charge in [-0.05, 0) is 60.7 Å². The number of anilines is 1. The number of para-hydroxylation sites is 1. The Morgan fingerprint density at radius 2 is 1.87 bits per heavy atom. The lowest BCUT2D eigenvalue weighted by atomic mass is 10.0. The summed E-state index contributed by atoms with van der Waals surface area (Å²) in [7, 11) is 0. The Morgan fingerprint density at radius 3 is 2.55 bits per heavy atom. The number of carbonyl (C=O) groups excluding carboxylic acids is 1. The molecular formula is C28H22N4O4S2. The van der Waals surface area contributed by atoms with Crippen molar-refractivity contribution in [1.82, 2.24) is 4.57 Å². The second-order valence-electron chi connectivity index (χ2n) is 8.60. The number of nitrogens with zero attached hydrogens (tertiary/aromatic N) is 3. The summed E-state index contributed by atoms with van der Waals surface area (Å²) in [6.07, 6.45) is 5.20. The van der Waals surface area contributed by atoms with Crippen molar-refractivity contribution in [2.45, 2.75) is 19.9 Å². The van der Waals surface area contributed by atoms with E-state index in [9.17, 15) is 19.7 Å². The molecule has 0 aliphatic carbocycles. The van der Waals surface area contributed by atoms with Gasteiger partial charge >= 0.3 is 0 Å². The topological polar surface area (TPSA) is 107 Å². The fourth-order valence-electron chi connectivity index (χ4n) is 4.20. The predicted octanol–water partition coefficient (Wildman–Crippen LogP) is 4.82. The van der Waals surface area contributed by atoms with E-state index in [1.54, 1.807) is 41.9 Å². The fraction of sp³-hybridized carbons (Fsp3) is 0.107. The largest absolute Gasteiger partial charge is 0.322 e. The number of hydrogen-bond acceptors (Lipinski definition) is 7. The molecule has 2 aromatic heterocycles. The molecule has 190 valence electrons. The van der Waals surface area contributed by atoms with Crippen molar-refractivity contribution in [3.05, 3.63) is 129 Å². The van der Waals surface area contributed by atoms with Crippen molar-refractivity contribution >= 4 is 52.1 Å². The molecule has 0 spiro atoms. The molecule has 2 aromatic carbocycles. The van der Waals surface area contributed by atoms with Gasteiger partial charge in [-0.1, -0.05) is 47.8 Å². The van der Waals surface area contributed by atoms with Gasteiger partial charge in [0.25, 0.3) is 17.2 Å². The second kappa shape index (κ2) is 10.5. The van der Waals surface area contributed by atoms with E-state index in [0.29, 0.717) is 26.3 Å². The molecule has 8 nitrogen and oxygen atoms in total. The van der Waals surface area contributed by atoms with Gasteiger partial charge in [-0.25, -0.2) is 4.99 Å². The molecule has 1 aliphatic heterocycles. The monoisotopic (exact) mass is 542 g/mol. The molecule has 1 amide bonds. The molecule has 0 bridgehead atoms. The van der Waals surface area contributed by atoms with Crippen LogP contribution in [0.15, 0.2) is 93.2 Å². The van der Waals surface area contributed by atoms with Gasteiger partial charge in [0.05, 0.1) is 20.7 Å². The van der Waals surface area contributed by atoms with Crippen LogP contribution in [0.3, 0.4) is 0 Å². The van der Waals surface area contributed by atoms with Gasteiger partial charge in [0.1, 0.15) is 6.04 Å². The van der Waals surface area contributed by atoms with Crippen LogP contribution >= 0.6 is 22.7 Å². The number of nitrogens with one attached hydrogen (secondary N) is 1. The van der Waals surface area contributed by atoms with Gasteiger partial charge < -0.3 is 5.32 Å². The summed E-state index contributed by atoms with van der Waals surface area (Å²) in [5.41, 5.74) is 3.17. The molecule has 1 aliphatic rings. The van der Waals surface area contributed by atoms with Crippen LogP contribution in [0, 0.1) is 17.0 Å². The number of rotatable bonds is 6. The van der Waals surface area contributed by atoms with E-state index in [1.807, 2.05) is 48.7 Å². The number of thiophene rings is 1. The first-order valence-electron chi connectivity index (χ1n) is 11.7. The Labute approximate surface area is 225 Å². The highest BCUT2D eigenvalue weighted by atomic mass is 32.1. The highest BCUT2D eigenvalue weighted by Gasteiger charge is 2.33. The van der Waals surface area contributed by atoms with Crippen LogP contribution in [0.4, 0.5) is 11.4 Å². The van der Waals surface area contributed by atoms with E-state index in [0.717, 1.165) is 16.0 Å². The molecule has 1 N–H and O–H groups in total. The Morgan fingerprint density at radius 1 is 1.11 bits per heavy atom. The number of nitro benzene ring substituents is 1. The van der Waals surface area contributed by atoms with Crippen molar-refractivity contribution in [2.24, 2.45) is 4.99 Å². The Kier molecular flexibility index (Phi) is 6.99. The number of non-ortho nitro benzene ring substituents is 1. The number of benzene rings is 2. The molecule has 10 heteroatoms. The summed E-state index contributed by atoms with van der Waals surface area (Å²) in [6, 6.07) is 16.9. The van der Waals surface area contributed by atoms with Crippen molar-refractivity contribution in [2.75, 3.05) is 5.32 Å². The molecule has 1 unspecified atom stereocenters. The number of aromatic nitrogens is 1. The molecule has 0 radical (unpaired) electrons. The Bertz CT molecular complexity index is 1780. The van der Waals surface area contributed by atoms with Crippen LogP contribution in [-0.4, -0.2) is 15.4 Å². The van der Waals surface area contributed by atoms with Crippen LogP contribution in [0.1, 0.15) is 29.0 Å². The van der Waals surface area contributed by atoms with E-state index in [1.165, 1.54) is 34.8 Å². The predicted molar refractivity (Wildman–Crippen MR) is 151 cm³/mol. The van der Waals surface area contributed by atoms with Crippen LogP contribution in [-0.2, 0) is 4.79 Å². The minimum Gasteiger partial charge on any atom is -0.322 e. The summed E-state index contributed by atoms with van der Waals surface area (Å²) in [4.78, 5) is 43.6. The number of aryl methyl sites for hydroxylation is 1. The minimum absolute atomic E-state index is 0.0154. The lowest BCUT2D eigenvalue weighted by molar-refractivity contribution is -0.384. The molecule has 3 heterocycles. The van der Waals surface area contributed by atoms with Crippen LogP contribution in [0.25, 0.3) is 12.2 Å². The Hall–Kier alpha value is -4.41. The van der Waals surface area contributed by atoms with Crippen molar-refractivity contribution in [1.29, 1.82) is 0 Å². The van der Waals surface area contributed by atoms with Gasteiger partial charge in [0.15, 0.2) is 4.80 Å². The summed E-state index contributed by atoms with van der Waals surface area (Å²) < 4.78 is 2.05. The summed E-state index contributed by atoms with van der Waals surface area (Å²) in [5.74, 6) is -0.300. The molecule has 4 aromatic rings. The highest BCUT2D eigenvalue weighted by molar-refractivity contribution is 7.10. The third-order valence-corrected chi connectivity index (χ3v) is 8.04. The van der Waals surface area contributed by atoms with Crippen molar-refractivity contribution < 1.29 is 9.72 Å². The number of thiazole rings is 1. The smallest absolute Gasteiger partial charge is 0.271 e. The number of nitro groups is 1. The van der Waals surface area contributed by atoms with E-state index in [4.69, 9.17) is 0 Å². The molecular weight excluding hydrogens is 520 g/mol. The average molecular weight is 543 g/mol. The maximum absolute atomic E-state index is 13.6. The zero-order valence-electron chi connectivity index (χ0n) is 20.5. The van der Waals surface area contributed by atoms with E-state index >= 15 is 0 Å². The van der Waals surface area contributed by atoms with Crippen molar-refractivity contribution in [3.8, 4) is 0 Å².